The molecule has 0 aromatic carbocycles. The van der Waals surface area contributed by atoms with Crippen molar-refractivity contribution in [2.45, 2.75) is 31.3 Å². The number of rotatable bonds is 4. The molecule has 0 fully saturated rings. The maximum Gasteiger partial charge on any atom is 0.280 e. The molecule has 0 unspecified atom stereocenters. The third-order valence-electron chi connectivity index (χ3n) is 2.18. The topological polar surface area (TPSA) is 90.9 Å². The van der Waals surface area contributed by atoms with Crippen molar-refractivity contribution in [3.63, 3.8) is 0 Å². The summed E-state index contributed by atoms with van der Waals surface area (Å²) in [5.74, 6) is 1.16. The molecule has 7 nitrogen and oxygen atoms in total. The van der Waals surface area contributed by atoms with Crippen LogP contribution >= 0.6 is 10.7 Å². The van der Waals surface area contributed by atoms with Crippen molar-refractivity contribution in [3.05, 3.63) is 24.2 Å². The fraction of sp³-hybridized carbons (Fsp3) is 0.444. The van der Waals surface area contributed by atoms with Gasteiger partial charge in [0.1, 0.15) is 6.54 Å². The van der Waals surface area contributed by atoms with E-state index >= 15 is 0 Å². The molecule has 0 bridgehead atoms. The van der Waals surface area contributed by atoms with Crippen molar-refractivity contribution in [1.82, 2.24) is 19.7 Å². The first-order valence-corrected chi connectivity index (χ1v) is 7.46. The third-order valence-corrected chi connectivity index (χ3v) is 3.36. The van der Waals surface area contributed by atoms with Crippen LogP contribution in [0.1, 0.15) is 31.5 Å². The zero-order chi connectivity index (χ0) is 13.3. The van der Waals surface area contributed by atoms with E-state index in [9.17, 15) is 8.42 Å². The fourth-order valence-electron chi connectivity index (χ4n) is 1.27. The van der Waals surface area contributed by atoms with Crippen LogP contribution in [-0.4, -0.2) is 28.1 Å². The molecule has 9 heteroatoms. The molecule has 0 spiro atoms. The van der Waals surface area contributed by atoms with Gasteiger partial charge in [-0.3, -0.25) is 0 Å². The van der Waals surface area contributed by atoms with E-state index in [0.717, 1.165) is 0 Å². The minimum absolute atomic E-state index is 0.170. The number of hydrogen-bond acceptors (Lipinski definition) is 6. The van der Waals surface area contributed by atoms with E-state index in [1.165, 1.54) is 17.1 Å². The molecular weight excluding hydrogens is 280 g/mol. The molecule has 0 N–H and O–H groups in total. The van der Waals surface area contributed by atoms with Gasteiger partial charge in [0, 0.05) is 22.8 Å². The van der Waals surface area contributed by atoms with Crippen LogP contribution in [0.5, 0.6) is 0 Å². The highest BCUT2D eigenvalue weighted by atomic mass is 35.7. The molecule has 0 aliphatic carbocycles. The minimum atomic E-state index is -3.81. The highest BCUT2D eigenvalue weighted by Gasteiger charge is 2.15. The van der Waals surface area contributed by atoms with E-state index in [1.807, 2.05) is 13.8 Å². The Kier molecular flexibility index (Phi) is 3.40. The molecule has 2 aromatic rings. The third kappa shape index (κ3) is 2.88. The van der Waals surface area contributed by atoms with Gasteiger partial charge in [0.05, 0.1) is 6.33 Å². The van der Waals surface area contributed by atoms with Crippen LogP contribution in [0.4, 0.5) is 0 Å². The van der Waals surface area contributed by atoms with Crippen molar-refractivity contribution >= 4 is 19.7 Å². The Hall–Kier alpha value is -1.41. The molecule has 0 amide bonds. The fourth-order valence-corrected chi connectivity index (χ4v) is 1.95. The van der Waals surface area contributed by atoms with E-state index in [4.69, 9.17) is 15.2 Å². The van der Waals surface area contributed by atoms with Gasteiger partial charge in [0.25, 0.3) is 9.05 Å². The van der Waals surface area contributed by atoms with Crippen molar-refractivity contribution in [2.24, 2.45) is 0 Å². The highest BCUT2D eigenvalue weighted by molar-refractivity contribution is 8.13. The Morgan fingerprint density at radius 2 is 2.22 bits per heavy atom. The van der Waals surface area contributed by atoms with E-state index in [-0.39, 0.29) is 17.5 Å². The van der Waals surface area contributed by atoms with Crippen molar-refractivity contribution in [1.29, 1.82) is 0 Å². The van der Waals surface area contributed by atoms with E-state index in [2.05, 4.69) is 15.1 Å². The van der Waals surface area contributed by atoms with Gasteiger partial charge >= 0.3 is 0 Å². The second-order valence-corrected chi connectivity index (χ2v) is 6.54. The highest BCUT2D eigenvalue weighted by Crippen LogP contribution is 2.13. The van der Waals surface area contributed by atoms with E-state index < -0.39 is 9.05 Å². The predicted octanol–water partition coefficient (Wildman–Crippen LogP) is 1.37. The zero-order valence-electron chi connectivity index (χ0n) is 9.74. The summed E-state index contributed by atoms with van der Waals surface area (Å²) in [6.45, 7) is 4.15. The summed E-state index contributed by atoms with van der Waals surface area (Å²) in [5, 5.41) is 3.60. The summed E-state index contributed by atoms with van der Waals surface area (Å²) in [4.78, 5) is 7.85. The number of imidazole rings is 1. The van der Waals surface area contributed by atoms with Crippen LogP contribution in [0.3, 0.4) is 0 Å². The lowest BCUT2D eigenvalue weighted by atomic mass is 10.2. The lowest BCUT2D eigenvalue weighted by Crippen LogP contribution is -1.98. The first-order chi connectivity index (χ1) is 8.36. The van der Waals surface area contributed by atoms with Gasteiger partial charge < -0.3 is 9.09 Å². The second kappa shape index (κ2) is 4.69. The molecule has 0 saturated heterocycles. The van der Waals surface area contributed by atoms with Crippen LogP contribution in [0.2, 0.25) is 0 Å². The van der Waals surface area contributed by atoms with Crippen LogP contribution in [-0.2, 0) is 15.6 Å². The molecule has 0 radical (unpaired) electrons. The standard InChI is InChI=1S/C9H11ClN4O3S/c1-6(2)9-12-7(17-13-9)3-14-4-8(11-5-14)18(10,15)16/h4-6H,3H2,1-2H3. The van der Waals surface area contributed by atoms with Gasteiger partial charge in [-0.05, 0) is 0 Å². The molecule has 0 saturated carbocycles. The average molecular weight is 291 g/mol. The molecule has 98 valence electrons. The van der Waals surface area contributed by atoms with Crippen LogP contribution in [0.15, 0.2) is 22.1 Å². The summed E-state index contributed by atoms with van der Waals surface area (Å²) < 4.78 is 28.6. The Morgan fingerprint density at radius 3 is 2.72 bits per heavy atom. The molecule has 0 atom stereocenters. The Labute approximate surface area is 108 Å². The van der Waals surface area contributed by atoms with Crippen LogP contribution in [0, 0.1) is 0 Å². The van der Waals surface area contributed by atoms with Gasteiger partial charge in [-0.15, -0.1) is 0 Å². The minimum Gasteiger partial charge on any atom is -0.337 e. The molecule has 0 aliphatic heterocycles. The zero-order valence-corrected chi connectivity index (χ0v) is 11.3. The van der Waals surface area contributed by atoms with Gasteiger partial charge in [0.15, 0.2) is 10.9 Å². The molecule has 0 aliphatic rings. The lowest BCUT2D eigenvalue weighted by molar-refractivity contribution is 0.364. The first-order valence-electron chi connectivity index (χ1n) is 5.15. The number of nitrogens with zero attached hydrogens (tertiary/aromatic N) is 4. The predicted molar refractivity (Wildman–Crippen MR) is 62.8 cm³/mol. The Morgan fingerprint density at radius 1 is 1.50 bits per heavy atom. The summed E-state index contributed by atoms with van der Waals surface area (Å²) in [5.41, 5.74) is 0. The molecule has 2 heterocycles. The SMILES string of the molecule is CC(C)c1noc(Cn2cnc(S(=O)(=O)Cl)c2)n1. The molecule has 18 heavy (non-hydrogen) atoms. The van der Waals surface area contributed by atoms with Crippen molar-refractivity contribution in [2.75, 3.05) is 0 Å². The van der Waals surface area contributed by atoms with E-state index in [1.54, 1.807) is 0 Å². The van der Waals surface area contributed by atoms with E-state index in [0.29, 0.717) is 11.7 Å². The first kappa shape index (κ1) is 13.0. The smallest absolute Gasteiger partial charge is 0.280 e. The quantitative estimate of drug-likeness (QED) is 0.790. The van der Waals surface area contributed by atoms with Gasteiger partial charge in [-0.25, -0.2) is 13.4 Å². The summed E-state index contributed by atoms with van der Waals surface area (Å²) >= 11 is 0. The summed E-state index contributed by atoms with van der Waals surface area (Å²) in [6, 6.07) is 0. The maximum atomic E-state index is 11.0. The Balaban J connectivity index is 2.16. The summed E-state index contributed by atoms with van der Waals surface area (Å²) in [6.07, 6.45) is 2.65. The summed E-state index contributed by atoms with van der Waals surface area (Å²) in [7, 11) is 1.36. The normalized spacial score (nSPS) is 12.2. The maximum absolute atomic E-state index is 11.0. The van der Waals surface area contributed by atoms with Gasteiger partial charge in [0.2, 0.25) is 5.89 Å². The number of hydrogen-bond donors (Lipinski definition) is 0. The Bertz CT molecular complexity index is 646. The van der Waals surface area contributed by atoms with Crippen molar-refractivity contribution in [3.8, 4) is 0 Å². The molecule has 2 aromatic heterocycles. The lowest BCUT2D eigenvalue weighted by Gasteiger charge is -1.95. The average Bonchev–Trinajstić information content (AvgIpc) is 2.85. The molecule has 2 rings (SSSR count). The number of aromatic nitrogens is 4. The van der Waals surface area contributed by atoms with Gasteiger partial charge in [-0.2, -0.15) is 4.98 Å². The van der Waals surface area contributed by atoms with Crippen LogP contribution < -0.4 is 0 Å². The van der Waals surface area contributed by atoms with Gasteiger partial charge in [-0.1, -0.05) is 19.0 Å². The number of halogens is 1. The second-order valence-electron chi connectivity index (χ2n) is 4.02. The largest absolute Gasteiger partial charge is 0.337 e. The monoisotopic (exact) mass is 290 g/mol. The molecular formula is C9H11ClN4O3S. The van der Waals surface area contributed by atoms with Crippen molar-refractivity contribution < 1.29 is 12.9 Å². The van der Waals surface area contributed by atoms with Crippen LogP contribution in [0.25, 0.3) is 0 Å².